The average molecular weight is 216 g/mol. The van der Waals surface area contributed by atoms with Gasteiger partial charge >= 0.3 is 0 Å². The topological polar surface area (TPSA) is 44.8 Å². The number of pyridine rings is 1. The molecular formula is C12H16N4. The van der Waals surface area contributed by atoms with E-state index in [1.54, 1.807) is 6.20 Å². The van der Waals surface area contributed by atoms with E-state index in [-0.39, 0.29) is 0 Å². The molecule has 1 aliphatic rings. The lowest BCUT2D eigenvalue weighted by atomic mass is 10.0. The maximum Gasteiger partial charge on any atom is 0.177 e. The number of aromatic nitrogens is 3. The highest BCUT2D eigenvalue weighted by Gasteiger charge is 2.23. The SMILES string of the molecule is CN1CCCCC1c1nc2ncccc2[nH]1. The molecule has 0 aromatic carbocycles. The molecule has 0 spiro atoms. The lowest BCUT2D eigenvalue weighted by Crippen LogP contribution is -2.30. The Kier molecular flexibility index (Phi) is 2.36. The lowest BCUT2D eigenvalue weighted by Gasteiger charge is -2.30. The van der Waals surface area contributed by atoms with Crippen LogP contribution in [0, 0.1) is 0 Å². The molecule has 1 atom stereocenters. The van der Waals surface area contributed by atoms with E-state index in [0.717, 1.165) is 23.5 Å². The fraction of sp³-hybridized carbons (Fsp3) is 0.500. The van der Waals surface area contributed by atoms with E-state index >= 15 is 0 Å². The van der Waals surface area contributed by atoms with Gasteiger partial charge in [-0.25, -0.2) is 9.97 Å². The van der Waals surface area contributed by atoms with E-state index in [1.165, 1.54) is 19.3 Å². The maximum absolute atomic E-state index is 4.58. The summed E-state index contributed by atoms with van der Waals surface area (Å²) < 4.78 is 0. The van der Waals surface area contributed by atoms with Crippen LogP contribution in [0.4, 0.5) is 0 Å². The Hall–Kier alpha value is -1.42. The van der Waals surface area contributed by atoms with Gasteiger partial charge in [-0.05, 0) is 38.6 Å². The van der Waals surface area contributed by atoms with Crippen LogP contribution in [0.1, 0.15) is 31.1 Å². The first-order chi connectivity index (χ1) is 7.84. The number of hydrogen-bond donors (Lipinski definition) is 1. The fourth-order valence-electron chi connectivity index (χ4n) is 2.44. The second-order valence-corrected chi connectivity index (χ2v) is 4.49. The molecule has 4 nitrogen and oxygen atoms in total. The highest BCUT2D eigenvalue weighted by molar-refractivity contribution is 5.69. The number of fused-ring (bicyclic) bond motifs is 1. The quantitative estimate of drug-likeness (QED) is 0.794. The summed E-state index contributed by atoms with van der Waals surface area (Å²) in [7, 11) is 2.17. The number of likely N-dealkylation sites (tertiary alicyclic amines) is 1. The Morgan fingerprint density at radius 2 is 2.38 bits per heavy atom. The van der Waals surface area contributed by atoms with E-state index in [1.807, 2.05) is 12.1 Å². The van der Waals surface area contributed by atoms with E-state index in [0.29, 0.717) is 6.04 Å². The molecule has 1 N–H and O–H groups in total. The molecule has 3 rings (SSSR count). The van der Waals surface area contributed by atoms with Gasteiger partial charge in [-0.1, -0.05) is 6.42 Å². The summed E-state index contributed by atoms with van der Waals surface area (Å²) in [5, 5.41) is 0. The van der Waals surface area contributed by atoms with Crippen molar-refractivity contribution >= 4 is 11.2 Å². The highest BCUT2D eigenvalue weighted by Crippen LogP contribution is 2.28. The molecule has 1 unspecified atom stereocenters. The van der Waals surface area contributed by atoms with Crippen molar-refractivity contribution in [2.24, 2.45) is 0 Å². The molecule has 4 heteroatoms. The molecule has 0 bridgehead atoms. The average Bonchev–Trinajstić information content (AvgIpc) is 2.73. The van der Waals surface area contributed by atoms with E-state index in [4.69, 9.17) is 0 Å². The standard InChI is InChI=1S/C12H16N4/c1-16-8-3-2-6-10(16)12-14-9-5-4-7-13-11(9)15-12/h4-5,7,10H,2-3,6,8H2,1H3,(H,13,14,15). The van der Waals surface area contributed by atoms with Crippen LogP contribution in [0.15, 0.2) is 18.3 Å². The first-order valence-corrected chi connectivity index (χ1v) is 5.85. The predicted molar refractivity (Wildman–Crippen MR) is 63.1 cm³/mol. The minimum absolute atomic E-state index is 0.433. The number of nitrogens with zero attached hydrogens (tertiary/aromatic N) is 3. The molecule has 0 amide bonds. The second-order valence-electron chi connectivity index (χ2n) is 4.49. The zero-order valence-electron chi connectivity index (χ0n) is 9.48. The summed E-state index contributed by atoms with van der Waals surface area (Å²) in [5.74, 6) is 1.07. The third-order valence-electron chi connectivity index (χ3n) is 3.36. The van der Waals surface area contributed by atoms with Crippen molar-refractivity contribution in [3.05, 3.63) is 24.2 Å². The van der Waals surface area contributed by atoms with Gasteiger partial charge in [-0.2, -0.15) is 0 Å². The molecule has 1 saturated heterocycles. The van der Waals surface area contributed by atoms with Gasteiger partial charge < -0.3 is 4.98 Å². The smallest absolute Gasteiger partial charge is 0.177 e. The molecule has 2 aromatic heterocycles. The Labute approximate surface area is 94.7 Å². The normalized spacial score (nSPS) is 22.7. The lowest BCUT2D eigenvalue weighted by molar-refractivity contribution is 0.180. The van der Waals surface area contributed by atoms with Gasteiger partial charge in [-0.15, -0.1) is 0 Å². The number of imidazole rings is 1. The number of H-pyrrole nitrogens is 1. The summed E-state index contributed by atoms with van der Waals surface area (Å²) in [4.78, 5) is 14.6. The Morgan fingerprint density at radius 1 is 1.44 bits per heavy atom. The first-order valence-electron chi connectivity index (χ1n) is 5.85. The van der Waals surface area contributed by atoms with Crippen LogP contribution in [0.25, 0.3) is 11.2 Å². The van der Waals surface area contributed by atoms with Crippen molar-refractivity contribution in [3.8, 4) is 0 Å². The van der Waals surface area contributed by atoms with Gasteiger partial charge in [0.25, 0.3) is 0 Å². The number of piperidine rings is 1. The van der Waals surface area contributed by atoms with Gasteiger partial charge in [-0.3, -0.25) is 4.90 Å². The van der Waals surface area contributed by atoms with Crippen molar-refractivity contribution in [2.75, 3.05) is 13.6 Å². The molecule has 1 aliphatic heterocycles. The molecule has 0 aliphatic carbocycles. The molecule has 0 saturated carbocycles. The maximum atomic E-state index is 4.58. The zero-order valence-corrected chi connectivity index (χ0v) is 9.48. The molecule has 2 aromatic rings. The monoisotopic (exact) mass is 216 g/mol. The van der Waals surface area contributed by atoms with Crippen LogP contribution in [-0.4, -0.2) is 33.4 Å². The number of aromatic amines is 1. The van der Waals surface area contributed by atoms with Gasteiger partial charge in [0.15, 0.2) is 5.65 Å². The highest BCUT2D eigenvalue weighted by atomic mass is 15.2. The van der Waals surface area contributed by atoms with Crippen molar-refractivity contribution in [3.63, 3.8) is 0 Å². The second kappa shape index (κ2) is 3.87. The number of rotatable bonds is 1. The summed E-state index contributed by atoms with van der Waals surface area (Å²) in [6, 6.07) is 4.40. The minimum Gasteiger partial charge on any atom is -0.339 e. The minimum atomic E-state index is 0.433. The number of nitrogens with one attached hydrogen (secondary N) is 1. The number of hydrogen-bond acceptors (Lipinski definition) is 3. The van der Waals surface area contributed by atoms with Crippen molar-refractivity contribution < 1.29 is 0 Å². The summed E-state index contributed by atoms with van der Waals surface area (Å²) in [5.41, 5.74) is 1.87. The molecule has 3 heterocycles. The summed E-state index contributed by atoms with van der Waals surface area (Å²) >= 11 is 0. The Bertz CT molecular complexity index is 457. The van der Waals surface area contributed by atoms with E-state index in [9.17, 15) is 0 Å². The molecule has 1 fully saturated rings. The molecular weight excluding hydrogens is 200 g/mol. The van der Waals surface area contributed by atoms with Crippen LogP contribution in [0.2, 0.25) is 0 Å². The first kappa shape index (κ1) is 9.78. The van der Waals surface area contributed by atoms with E-state index in [2.05, 4.69) is 26.9 Å². The van der Waals surface area contributed by atoms with Crippen molar-refractivity contribution in [2.45, 2.75) is 25.3 Å². The fourth-order valence-corrected chi connectivity index (χ4v) is 2.44. The van der Waals surface area contributed by atoms with Crippen LogP contribution >= 0.6 is 0 Å². The van der Waals surface area contributed by atoms with Crippen LogP contribution in [0.5, 0.6) is 0 Å². The van der Waals surface area contributed by atoms with E-state index < -0.39 is 0 Å². The van der Waals surface area contributed by atoms with Crippen LogP contribution < -0.4 is 0 Å². The van der Waals surface area contributed by atoms with Gasteiger partial charge in [0, 0.05) is 6.20 Å². The molecule has 0 radical (unpaired) electrons. The van der Waals surface area contributed by atoms with Gasteiger partial charge in [0.1, 0.15) is 5.82 Å². The van der Waals surface area contributed by atoms with Crippen LogP contribution in [0.3, 0.4) is 0 Å². The Morgan fingerprint density at radius 3 is 3.19 bits per heavy atom. The predicted octanol–water partition coefficient (Wildman–Crippen LogP) is 2.11. The largest absolute Gasteiger partial charge is 0.339 e. The molecule has 84 valence electrons. The van der Waals surface area contributed by atoms with Gasteiger partial charge in [0.05, 0.1) is 11.6 Å². The van der Waals surface area contributed by atoms with Crippen molar-refractivity contribution in [1.29, 1.82) is 0 Å². The van der Waals surface area contributed by atoms with Crippen LogP contribution in [-0.2, 0) is 0 Å². The zero-order chi connectivity index (χ0) is 11.0. The molecule has 16 heavy (non-hydrogen) atoms. The Balaban J connectivity index is 1.98. The van der Waals surface area contributed by atoms with Crippen molar-refractivity contribution in [1.82, 2.24) is 19.9 Å². The third-order valence-corrected chi connectivity index (χ3v) is 3.36. The van der Waals surface area contributed by atoms with Gasteiger partial charge in [0.2, 0.25) is 0 Å². The summed E-state index contributed by atoms with van der Waals surface area (Å²) in [6.45, 7) is 1.16. The third kappa shape index (κ3) is 1.59. The summed E-state index contributed by atoms with van der Waals surface area (Å²) in [6.07, 6.45) is 5.57.